The van der Waals surface area contributed by atoms with Gasteiger partial charge in [0.1, 0.15) is 0 Å². The molecule has 6 heteroatoms. The topological polar surface area (TPSA) is 46.3 Å². The van der Waals surface area contributed by atoms with E-state index < -0.39 is 11.6 Å². The summed E-state index contributed by atoms with van der Waals surface area (Å²) < 4.78 is 26.0. The van der Waals surface area contributed by atoms with Gasteiger partial charge in [0.25, 0.3) is 0 Å². The standard InChI is InChI=1S/C15H20F2N2O.ClH/c1-10(18)14-4-2-3-7-19(14)15(20)9-11-5-6-12(16)13(17)8-11;/h5-6,8,10,14H,2-4,7,9,18H2,1H3;1H. The van der Waals surface area contributed by atoms with Gasteiger partial charge in [0.15, 0.2) is 11.6 Å². The van der Waals surface area contributed by atoms with Crippen molar-refractivity contribution in [3.05, 3.63) is 35.4 Å². The Morgan fingerprint density at radius 2 is 2.10 bits per heavy atom. The fraction of sp³-hybridized carbons (Fsp3) is 0.533. The van der Waals surface area contributed by atoms with E-state index in [0.717, 1.165) is 31.4 Å². The molecule has 21 heavy (non-hydrogen) atoms. The van der Waals surface area contributed by atoms with Crippen molar-refractivity contribution >= 4 is 18.3 Å². The summed E-state index contributed by atoms with van der Waals surface area (Å²) in [6, 6.07) is 3.54. The van der Waals surface area contributed by atoms with Crippen LogP contribution in [-0.4, -0.2) is 29.4 Å². The molecule has 1 saturated heterocycles. The average molecular weight is 319 g/mol. The number of benzene rings is 1. The minimum absolute atomic E-state index is 0. The Hall–Kier alpha value is -1.20. The maximum Gasteiger partial charge on any atom is 0.227 e. The van der Waals surface area contributed by atoms with Crippen molar-refractivity contribution in [3.8, 4) is 0 Å². The first-order valence-corrected chi connectivity index (χ1v) is 6.98. The summed E-state index contributed by atoms with van der Waals surface area (Å²) in [6.45, 7) is 2.59. The van der Waals surface area contributed by atoms with E-state index in [4.69, 9.17) is 5.73 Å². The van der Waals surface area contributed by atoms with Crippen molar-refractivity contribution in [2.75, 3.05) is 6.54 Å². The molecule has 0 aromatic heterocycles. The fourth-order valence-corrected chi connectivity index (χ4v) is 2.74. The average Bonchev–Trinajstić information content (AvgIpc) is 2.43. The second-order valence-electron chi connectivity index (χ2n) is 5.43. The molecule has 1 aromatic rings. The first-order valence-electron chi connectivity index (χ1n) is 6.98. The zero-order valence-corrected chi connectivity index (χ0v) is 12.8. The lowest BCUT2D eigenvalue weighted by molar-refractivity contribution is -0.134. The van der Waals surface area contributed by atoms with Crippen LogP contribution in [0.3, 0.4) is 0 Å². The monoisotopic (exact) mass is 318 g/mol. The first kappa shape index (κ1) is 17.9. The molecule has 2 unspecified atom stereocenters. The number of hydrogen-bond acceptors (Lipinski definition) is 2. The van der Waals surface area contributed by atoms with Gasteiger partial charge in [0.2, 0.25) is 5.91 Å². The molecule has 118 valence electrons. The van der Waals surface area contributed by atoms with Gasteiger partial charge in [-0.15, -0.1) is 12.4 Å². The molecule has 0 radical (unpaired) electrons. The van der Waals surface area contributed by atoms with Crippen molar-refractivity contribution < 1.29 is 13.6 Å². The Morgan fingerprint density at radius 1 is 1.38 bits per heavy atom. The number of nitrogens with zero attached hydrogens (tertiary/aromatic N) is 1. The number of likely N-dealkylation sites (tertiary alicyclic amines) is 1. The molecule has 0 saturated carbocycles. The summed E-state index contributed by atoms with van der Waals surface area (Å²) in [5.74, 6) is -1.89. The third-order valence-corrected chi connectivity index (χ3v) is 3.82. The van der Waals surface area contributed by atoms with Crippen LogP contribution in [0.15, 0.2) is 18.2 Å². The highest BCUT2D eigenvalue weighted by Crippen LogP contribution is 2.20. The quantitative estimate of drug-likeness (QED) is 0.931. The van der Waals surface area contributed by atoms with Gasteiger partial charge in [-0.25, -0.2) is 8.78 Å². The van der Waals surface area contributed by atoms with Gasteiger partial charge in [-0.3, -0.25) is 4.79 Å². The van der Waals surface area contributed by atoms with Gasteiger partial charge in [-0.2, -0.15) is 0 Å². The predicted octanol–water partition coefficient (Wildman–Crippen LogP) is 2.66. The zero-order chi connectivity index (χ0) is 14.7. The second-order valence-corrected chi connectivity index (χ2v) is 5.43. The first-order chi connectivity index (χ1) is 9.49. The number of carbonyl (C=O) groups excluding carboxylic acids is 1. The molecule has 2 N–H and O–H groups in total. The van der Waals surface area contributed by atoms with Gasteiger partial charge in [-0.1, -0.05) is 6.07 Å². The Labute approximate surface area is 129 Å². The van der Waals surface area contributed by atoms with Gasteiger partial charge in [0, 0.05) is 18.6 Å². The molecular formula is C15H21ClF2N2O. The molecule has 2 atom stereocenters. The number of piperidine rings is 1. The fourth-order valence-electron chi connectivity index (χ4n) is 2.74. The van der Waals surface area contributed by atoms with Crippen LogP contribution in [0.2, 0.25) is 0 Å². The maximum atomic E-state index is 13.2. The van der Waals surface area contributed by atoms with E-state index in [9.17, 15) is 13.6 Å². The van der Waals surface area contributed by atoms with Crippen molar-refractivity contribution in [1.82, 2.24) is 4.90 Å². The number of nitrogens with two attached hydrogens (primary N) is 1. The van der Waals surface area contributed by atoms with Crippen molar-refractivity contribution in [1.29, 1.82) is 0 Å². The van der Waals surface area contributed by atoms with Crippen LogP contribution in [0.25, 0.3) is 0 Å². The van der Waals surface area contributed by atoms with Crippen LogP contribution in [0.4, 0.5) is 8.78 Å². The smallest absolute Gasteiger partial charge is 0.227 e. The highest BCUT2D eigenvalue weighted by molar-refractivity contribution is 5.85. The maximum absolute atomic E-state index is 13.2. The molecule has 0 spiro atoms. The Bertz CT molecular complexity index is 497. The van der Waals surface area contributed by atoms with E-state index >= 15 is 0 Å². The minimum atomic E-state index is -0.919. The Morgan fingerprint density at radius 3 is 2.71 bits per heavy atom. The van der Waals surface area contributed by atoms with Crippen LogP contribution in [-0.2, 0) is 11.2 Å². The largest absolute Gasteiger partial charge is 0.338 e. The molecule has 1 heterocycles. The van der Waals surface area contributed by atoms with E-state index in [-0.39, 0.29) is 36.8 Å². The third-order valence-electron chi connectivity index (χ3n) is 3.82. The summed E-state index contributed by atoms with van der Waals surface area (Å²) in [7, 11) is 0. The van der Waals surface area contributed by atoms with Gasteiger partial charge < -0.3 is 10.6 Å². The van der Waals surface area contributed by atoms with E-state index in [1.165, 1.54) is 6.07 Å². The summed E-state index contributed by atoms with van der Waals surface area (Å²) in [5, 5.41) is 0. The number of carbonyl (C=O) groups is 1. The van der Waals surface area contributed by atoms with Crippen LogP contribution >= 0.6 is 12.4 Å². The Kier molecular flexibility index (Phi) is 6.55. The second kappa shape index (κ2) is 7.71. The molecule has 0 bridgehead atoms. The zero-order valence-electron chi connectivity index (χ0n) is 12.0. The van der Waals surface area contributed by atoms with Crippen LogP contribution < -0.4 is 5.73 Å². The third kappa shape index (κ3) is 4.38. The summed E-state index contributed by atoms with van der Waals surface area (Å²) in [4.78, 5) is 14.1. The van der Waals surface area contributed by atoms with Gasteiger partial charge in [0.05, 0.1) is 6.42 Å². The van der Waals surface area contributed by atoms with Crippen LogP contribution in [0.5, 0.6) is 0 Å². The molecular weight excluding hydrogens is 298 g/mol. The minimum Gasteiger partial charge on any atom is -0.338 e. The molecule has 1 aromatic carbocycles. The van der Waals surface area contributed by atoms with E-state index in [1.54, 1.807) is 4.90 Å². The predicted molar refractivity (Wildman–Crippen MR) is 80.3 cm³/mol. The number of rotatable bonds is 3. The molecule has 1 aliphatic rings. The molecule has 1 amide bonds. The molecule has 2 rings (SSSR count). The lowest BCUT2D eigenvalue weighted by Crippen LogP contribution is -2.52. The summed E-state index contributed by atoms with van der Waals surface area (Å²) >= 11 is 0. The normalized spacial score (nSPS) is 19.8. The Balaban J connectivity index is 0.00000220. The molecule has 1 fully saturated rings. The van der Waals surface area contributed by atoms with Crippen molar-refractivity contribution in [2.45, 2.75) is 44.7 Å². The number of amides is 1. The van der Waals surface area contributed by atoms with E-state index in [2.05, 4.69) is 0 Å². The number of halogens is 3. The van der Waals surface area contributed by atoms with Crippen LogP contribution in [0, 0.1) is 11.6 Å². The molecule has 1 aliphatic heterocycles. The SMILES string of the molecule is CC(N)C1CCCCN1C(=O)Cc1ccc(F)c(F)c1.Cl. The molecule has 0 aliphatic carbocycles. The van der Waals surface area contributed by atoms with Crippen molar-refractivity contribution in [2.24, 2.45) is 5.73 Å². The lowest BCUT2D eigenvalue weighted by atomic mass is 9.96. The highest BCUT2D eigenvalue weighted by atomic mass is 35.5. The van der Waals surface area contributed by atoms with E-state index in [1.807, 2.05) is 6.92 Å². The van der Waals surface area contributed by atoms with Crippen molar-refractivity contribution in [3.63, 3.8) is 0 Å². The lowest BCUT2D eigenvalue weighted by Gasteiger charge is -2.38. The van der Waals surface area contributed by atoms with Crippen LogP contribution in [0.1, 0.15) is 31.7 Å². The van der Waals surface area contributed by atoms with E-state index in [0.29, 0.717) is 12.1 Å². The highest BCUT2D eigenvalue weighted by Gasteiger charge is 2.29. The molecule has 3 nitrogen and oxygen atoms in total. The van der Waals surface area contributed by atoms with Gasteiger partial charge >= 0.3 is 0 Å². The van der Waals surface area contributed by atoms with Gasteiger partial charge in [-0.05, 0) is 43.9 Å². The number of hydrogen-bond donors (Lipinski definition) is 1. The summed E-state index contributed by atoms with van der Waals surface area (Å²) in [5.41, 5.74) is 6.42. The summed E-state index contributed by atoms with van der Waals surface area (Å²) in [6.07, 6.45) is 3.02.